The number of rotatable bonds is 9. The molecule has 0 aromatic rings. The van der Waals surface area contributed by atoms with Crippen molar-refractivity contribution in [2.45, 2.75) is 37.8 Å². The number of carboxylic acids is 3. The predicted octanol–water partition coefficient (Wildman–Crippen LogP) is -0.215. The topological polar surface area (TPSA) is 118 Å². The van der Waals surface area contributed by atoms with Crippen LogP contribution in [0.4, 0.5) is 0 Å². The van der Waals surface area contributed by atoms with Crippen molar-refractivity contribution in [2.75, 3.05) is 26.7 Å². The maximum absolute atomic E-state index is 11.3. The fraction of sp³-hybridized carbons (Fsp3) is 0.769. The highest BCUT2D eigenvalue weighted by molar-refractivity contribution is 5.74. The Kier molecular flexibility index (Phi) is 6.57. The Morgan fingerprint density at radius 3 is 2.48 bits per heavy atom. The molecule has 1 rings (SSSR count). The van der Waals surface area contributed by atoms with Gasteiger partial charge in [0.1, 0.15) is 12.1 Å². The van der Waals surface area contributed by atoms with E-state index in [-0.39, 0.29) is 19.4 Å². The molecule has 0 bridgehead atoms. The van der Waals surface area contributed by atoms with Gasteiger partial charge in [0.05, 0.1) is 6.42 Å². The van der Waals surface area contributed by atoms with Crippen LogP contribution in [0.2, 0.25) is 0 Å². The first-order valence-electron chi connectivity index (χ1n) is 6.94. The third-order valence-electron chi connectivity index (χ3n) is 3.83. The molecule has 2 unspecified atom stereocenters. The van der Waals surface area contributed by atoms with Crippen molar-refractivity contribution in [1.29, 1.82) is 0 Å². The van der Waals surface area contributed by atoms with Crippen molar-refractivity contribution >= 4 is 17.9 Å². The maximum Gasteiger partial charge on any atom is 0.320 e. The molecule has 0 radical (unpaired) electrons. The summed E-state index contributed by atoms with van der Waals surface area (Å²) in [5, 5.41) is 26.9. The Hall–Kier alpha value is -1.67. The fourth-order valence-corrected chi connectivity index (χ4v) is 2.62. The van der Waals surface area contributed by atoms with E-state index in [1.165, 1.54) is 4.90 Å². The minimum absolute atomic E-state index is 0.123. The largest absolute Gasteiger partial charge is 0.481 e. The van der Waals surface area contributed by atoms with Crippen LogP contribution in [0.25, 0.3) is 0 Å². The molecule has 3 N–H and O–H groups in total. The summed E-state index contributed by atoms with van der Waals surface area (Å²) in [6.07, 6.45) is 1.53. The summed E-state index contributed by atoms with van der Waals surface area (Å²) in [5.41, 5.74) is 0. The van der Waals surface area contributed by atoms with Gasteiger partial charge in [0.2, 0.25) is 0 Å². The molecular weight excluding hydrogens is 280 g/mol. The molecule has 8 nitrogen and oxygen atoms in total. The van der Waals surface area contributed by atoms with Gasteiger partial charge in [-0.2, -0.15) is 0 Å². The summed E-state index contributed by atoms with van der Waals surface area (Å²) in [7, 11) is 1.57. The van der Waals surface area contributed by atoms with Crippen LogP contribution in [0, 0.1) is 0 Å². The van der Waals surface area contributed by atoms with Gasteiger partial charge in [-0.05, 0) is 32.9 Å². The lowest BCUT2D eigenvalue weighted by Crippen LogP contribution is -2.44. The van der Waals surface area contributed by atoms with Crippen molar-refractivity contribution in [3.8, 4) is 0 Å². The van der Waals surface area contributed by atoms with E-state index in [0.717, 1.165) is 6.42 Å². The molecule has 1 aliphatic heterocycles. The average molecular weight is 302 g/mol. The first-order valence-corrected chi connectivity index (χ1v) is 6.94. The quantitative estimate of drug-likeness (QED) is 0.535. The normalized spacial score (nSPS) is 20.6. The molecule has 21 heavy (non-hydrogen) atoms. The molecule has 0 aliphatic carbocycles. The number of hydrogen-bond acceptors (Lipinski definition) is 5. The fourth-order valence-electron chi connectivity index (χ4n) is 2.62. The third kappa shape index (κ3) is 5.31. The number of carbonyl (C=O) groups is 3. The SMILES string of the molecule is CN(CCC(=O)O)C(CCN1CCCC1C(=O)O)C(=O)O. The summed E-state index contributed by atoms with van der Waals surface area (Å²) in [5.74, 6) is -2.87. The summed E-state index contributed by atoms with van der Waals surface area (Å²) < 4.78 is 0. The lowest BCUT2D eigenvalue weighted by molar-refractivity contribution is -0.145. The summed E-state index contributed by atoms with van der Waals surface area (Å²) in [4.78, 5) is 36.2. The number of carboxylic acid groups (broad SMARTS) is 3. The second kappa shape index (κ2) is 7.94. The van der Waals surface area contributed by atoms with E-state index in [0.29, 0.717) is 19.5 Å². The lowest BCUT2D eigenvalue weighted by Gasteiger charge is -2.27. The molecule has 1 fully saturated rings. The van der Waals surface area contributed by atoms with Gasteiger partial charge < -0.3 is 15.3 Å². The zero-order valence-electron chi connectivity index (χ0n) is 12.1. The monoisotopic (exact) mass is 302 g/mol. The van der Waals surface area contributed by atoms with Crippen LogP contribution in [0.15, 0.2) is 0 Å². The smallest absolute Gasteiger partial charge is 0.320 e. The highest BCUT2D eigenvalue weighted by Gasteiger charge is 2.32. The highest BCUT2D eigenvalue weighted by Crippen LogP contribution is 2.18. The Morgan fingerprint density at radius 1 is 1.29 bits per heavy atom. The molecule has 0 saturated carbocycles. The van der Waals surface area contributed by atoms with Crippen molar-refractivity contribution in [3.63, 3.8) is 0 Å². The van der Waals surface area contributed by atoms with E-state index in [1.807, 2.05) is 0 Å². The first kappa shape index (κ1) is 17.4. The maximum atomic E-state index is 11.3. The molecule has 0 aromatic heterocycles. The van der Waals surface area contributed by atoms with Gasteiger partial charge in [0.25, 0.3) is 0 Å². The number of aliphatic carboxylic acids is 3. The average Bonchev–Trinajstić information content (AvgIpc) is 2.84. The van der Waals surface area contributed by atoms with E-state index < -0.39 is 30.0 Å². The third-order valence-corrected chi connectivity index (χ3v) is 3.83. The van der Waals surface area contributed by atoms with Gasteiger partial charge in [-0.15, -0.1) is 0 Å². The number of likely N-dealkylation sites (tertiary alicyclic amines) is 1. The predicted molar refractivity (Wildman–Crippen MR) is 73.2 cm³/mol. The molecule has 8 heteroatoms. The standard InChI is InChI=1S/C13H22N2O6/c1-14(7-5-11(16)17)9(12(18)19)4-8-15-6-2-3-10(15)13(20)21/h9-10H,2-8H2,1H3,(H,16,17)(H,18,19)(H,20,21). The van der Waals surface area contributed by atoms with E-state index in [2.05, 4.69) is 0 Å². The summed E-state index contributed by atoms with van der Waals surface area (Å²) in [6, 6.07) is -1.34. The minimum atomic E-state index is -1.02. The number of hydrogen-bond donors (Lipinski definition) is 3. The molecule has 0 amide bonds. The van der Waals surface area contributed by atoms with Crippen LogP contribution >= 0.6 is 0 Å². The van der Waals surface area contributed by atoms with E-state index in [1.54, 1.807) is 11.9 Å². The van der Waals surface area contributed by atoms with Crippen LogP contribution in [-0.2, 0) is 14.4 Å². The Balaban J connectivity index is 2.52. The van der Waals surface area contributed by atoms with Crippen LogP contribution in [-0.4, -0.2) is 81.8 Å². The van der Waals surface area contributed by atoms with Crippen molar-refractivity contribution in [3.05, 3.63) is 0 Å². The Morgan fingerprint density at radius 2 is 1.95 bits per heavy atom. The highest BCUT2D eigenvalue weighted by atomic mass is 16.4. The van der Waals surface area contributed by atoms with Crippen molar-refractivity contribution in [2.24, 2.45) is 0 Å². The molecule has 1 aliphatic rings. The van der Waals surface area contributed by atoms with Gasteiger partial charge >= 0.3 is 17.9 Å². The lowest BCUT2D eigenvalue weighted by atomic mass is 10.1. The van der Waals surface area contributed by atoms with Crippen LogP contribution in [0.1, 0.15) is 25.7 Å². The van der Waals surface area contributed by atoms with Crippen LogP contribution in [0.3, 0.4) is 0 Å². The molecule has 1 saturated heterocycles. The second-order valence-electron chi connectivity index (χ2n) is 5.30. The summed E-state index contributed by atoms with van der Waals surface area (Å²) in [6.45, 7) is 1.18. The molecule has 1 heterocycles. The van der Waals surface area contributed by atoms with Gasteiger partial charge in [-0.3, -0.25) is 24.2 Å². The molecule has 0 spiro atoms. The number of nitrogens with zero attached hydrogens (tertiary/aromatic N) is 2. The van der Waals surface area contributed by atoms with Gasteiger partial charge in [-0.1, -0.05) is 0 Å². The van der Waals surface area contributed by atoms with Crippen molar-refractivity contribution < 1.29 is 29.7 Å². The van der Waals surface area contributed by atoms with Gasteiger partial charge in [-0.25, -0.2) is 0 Å². The van der Waals surface area contributed by atoms with Gasteiger partial charge in [0, 0.05) is 13.1 Å². The van der Waals surface area contributed by atoms with E-state index in [9.17, 15) is 19.5 Å². The Labute approximate surface area is 122 Å². The zero-order valence-corrected chi connectivity index (χ0v) is 12.1. The van der Waals surface area contributed by atoms with Crippen LogP contribution in [0.5, 0.6) is 0 Å². The van der Waals surface area contributed by atoms with Gasteiger partial charge in [0.15, 0.2) is 0 Å². The zero-order chi connectivity index (χ0) is 16.0. The summed E-state index contributed by atoms with van der Waals surface area (Å²) >= 11 is 0. The minimum Gasteiger partial charge on any atom is -0.481 e. The van der Waals surface area contributed by atoms with E-state index in [4.69, 9.17) is 10.2 Å². The van der Waals surface area contributed by atoms with Crippen LogP contribution < -0.4 is 0 Å². The molecule has 120 valence electrons. The second-order valence-corrected chi connectivity index (χ2v) is 5.30. The molecule has 0 aromatic carbocycles. The molecular formula is C13H22N2O6. The first-order chi connectivity index (χ1) is 9.82. The van der Waals surface area contributed by atoms with Crippen molar-refractivity contribution in [1.82, 2.24) is 9.80 Å². The number of likely N-dealkylation sites (N-methyl/N-ethyl adjacent to an activating group) is 1. The molecule has 2 atom stereocenters. The Bertz CT molecular complexity index is 400. The van der Waals surface area contributed by atoms with E-state index >= 15 is 0 Å².